The van der Waals surface area contributed by atoms with Crippen molar-refractivity contribution in [2.75, 3.05) is 33.0 Å². The molecule has 0 N–H and O–H groups in total. The highest BCUT2D eigenvalue weighted by Gasteiger charge is 2.63. The van der Waals surface area contributed by atoms with Crippen molar-refractivity contribution >= 4 is 0 Å². The summed E-state index contributed by atoms with van der Waals surface area (Å²) in [6, 6.07) is 0. The third-order valence-electron chi connectivity index (χ3n) is 19.4. The number of hydrogen-bond acceptors (Lipinski definition) is 3. The molecule has 1 heterocycles. The fourth-order valence-electron chi connectivity index (χ4n) is 15.4. The summed E-state index contributed by atoms with van der Waals surface area (Å²) in [5, 5.41) is 0. The minimum Gasteiger partial charge on any atom is -0.381 e. The molecule has 0 bridgehead atoms. The van der Waals surface area contributed by atoms with Crippen LogP contribution in [0.1, 0.15) is 267 Å². The lowest BCUT2D eigenvalue weighted by molar-refractivity contribution is -0.112. The Bertz CT molecular complexity index is 1370. The third-order valence-corrected chi connectivity index (χ3v) is 19.4. The Morgan fingerprint density at radius 1 is 0.697 bits per heavy atom. The maximum atomic E-state index is 6.61. The van der Waals surface area contributed by atoms with Crippen LogP contribution < -0.4 is 0 Å². The first-order chi connectivity index (χ1) is 32.0. The first-order valence-corrected chi connectivity index (χ1v) is 29.8. The molecule has 5 aliphatic rings. The molecule has 3 nitrogen and oxygen atoms in total. The molecule has 66 heavy (non-hydrogen) atoms. The van der Waals surface area contributed by atoms with Gasteiger partial charge in [0.05, 0.1) is 6.10 Å². The van der Waals surface area contributed by atoms with Crippen molar-refractivity contribution in [3.8, 4) is 0 Å². The Hall–Kier alpha value is -0.900. The van der Waals surface area contributed by atoms with E-state index < -0.39 is 0 Å². The molecular formula is C63H112O3. The molecule has 1 aliphatic heterocycles. The highest BCUT2D eigenvalue weighted by molar-refractivity contribution is 5.27. The molecule has 5 rings (SSSR count). The van der Waals surface area contributed by atoms with E-state index >= 15 is 0 Å². The topological polar surface area (TPSA) is 27.7 Å². The van der Waals surface area contributed by atoms with Gasteiger partial charge in [-0.2, -0.15) is 0 Å². The van der Waals surface area contributed by atoms with E-state index in [2.05, 4.69) is 73.3 Å². The minimum absolute atomic E-state index is 0.298. The predicted octanol–water partition coefficient (Wildman–Crippen LogP) is 19.2. The van der Waals surface area contributed by atoms with Gasteiger partial charge in [-0.1, -0.05) is 174 Å². The van der Waals surface area contributed by atoms with Gasteiger partial charge in [0.2, 0.25) is 0 Å². The highest BCUT2D eigenvalue weighted by atomic mass is 16.5. The van der Waals surface area contributed by atoms with Crippen molar-refractivity contribution in [3.05, 3.63) is 36.0 Å². The van der Waals surface area contributed by atoms with E-state index in [0.717, 1.165) is 100 Å². The molecule has 3 heteroatoms. The van der Waals surface area contributed by atoms with E-state index in [1.165, 1.54) is 198 Å². The SMILES string of the molecule is C=C(CCCCCCCCC=CCCCCCCCC)CC(CC1CCOCC1)OCCCOCCCCC1CCC2(C)C(=CCC3(C)C2CCC2(C)C(C(C)CCCC(C)C)CCC23)C1. The average molecular weight is 918 g/mol. The van der Waals surface area contributed by atoms with Crippen LogP contribution in [0.5, 0.6) is 0 Å². The first-order valence-electron chi connectivity index (χ1n) is 29.8. The largest absolute Gasteiger partial charge is 0.381 e. The Labute approximate surface area is 412 Å². The summed E-state index contributed by atoms with van der Waals surface area (Å²) in [7, 11) is 0. The zero-order chi connectivity index (χ0) is 47.1. The van der Waals surface area contributed by atoms with Gasteiger partial charge in [-0.05, 0) is 186 Å². The maximum Gasteiger partial charge on any atom is 0.0614 e. The Morgan fingerprint density at radius 2 is 1.39 bits per heavy atom. The molecule has 4 fully saturated rings. The van der Waals surface area contributed by atoms with Crippen molar-refractivity contribution in [1.29, 1.82) is 0 Å². The number of rotatable bonds is 35. The summed E-state index contributed by atoms with van der Waals surface area (Å²) in [6.45, 7) is 26.9. The maximum absolute atomic E-state index is 6.61. The summed E-state index contributed by atoms with van der Waals surface area (Å²) in [4.78, 5) is 0. The monoisotopic (exact) mass is 917 g/mol. The molecule has 382 valence electrons. The molecule has 0 aromatic heterocycles. The van der Waals surface area contributed by atoms with Crippen molar-refractivity contribution in [2.24, 2.45) is 57.7 Å². The van der Waals surface area contributed by atoms with Crippen LogP contribution in [0.25, 0.3) is 0 Å². The van der Waals surface area contributed by atoms with Crippen LogP contribution in [-0.4, -0.2) is 39.1 Å². The summed E-state index contributed by atoms with van der Waals surface area (Å²) < 4.78 is 18.5. The molecule has 0 spiro atoms. The third kappa shape index (κ3) is 17.4. The normalized spacial score (nSPS) is 30.0. The Kier molecular flexibility index (Phi) is 25.5. The molecule has 9 unspecified atom stereocenters. The van der Waals surface area contributed by atoms with E-state index in [1.807, 2.05) is 5.57 Å². The highest BCUT2D eigenvalue weighted by Crippen LogP contribution is 2.72. The van der Waals surface area contributed by atoms with E-state index in [0.29, 0.717) is 22.3 Å². The van der Waals surface area contributed by atoms with Crippen molar-refractivity contribution in [2.45, 2.75) is 273 Å². The molecular weight excluding hydrogens is 805 g/mol. The Balaban J connectivity index is 0.910. The van der Waals surface area contributed by atoms with Crippen molar-refractivity contribution < 1.29 is 14.2 Å². The second-order valence-electron chi connectivity index (χ2n) is 25.0. The number of unbranched alkanes of at least 4 members (excludes halogenated alkanes) is 13. The summed E-state index contributed by atoms with van der Waals surface area (Å²) in [5.74, 6) is 6.09. The Morgan fingerprint density at radius 3 is 2.12 bits per heavy atom. The molecule has 0 amide bonds. The summed E-state index contributed by atoms with van der Waals surface area (Å²) in [6.07, 6.45) is 53.5. The number of allylic oxidation sites excluding steroid dienone is 4. The average Bonchev–Trinajstić information content (AvgIpc) is 3.66. The molecule has 9 atom stereocenters. The van der Waals surface area contributed by atoms with Gasteiger partial charge in [0, 0.05) is 33.0 Å². The number of hydrogen-bond donors (Lipinski definition) is 0. The van der Waals surface area contributed by atoms with E-state index in [-0.39, 0.29) is 0 Å². The summed E-state index contributed by atoms with van der Waals surface area (Å²) in [5.41, 5.74) is 4.77. The number of fused-ring (bicyclic) bond motifs is 5. The van der Waals surface area contributed by atoms with Crippen LogP contribution in [0.4, 0.5) is 0 Å². The molecule has 0 radical (unpaired) electrons. The lowest BCUT2D eigenvalue weighted by Crippen LogP contribution is -2.56. The standard InChI is InChI=1S/C63H112O3/c1-9-10-11-12-13-14-15-16-17-18-19-20-21-22-23-24-30-52(4)48-57(50-55-38-46-65-47-39-55)66-45-28-44-64-43-26-25-32-54-35-40-61(6)56(49-54)36-41-63(8)59-34-33-58(53(5)31-27-29-51(2)3)62(59,7)42-37-60(61)63/h16-17,36,51,53-55,57-60H,4,9-15,18-35,37-50H2,1-3,5-8H3. The van der Waals surface area contributed by atoms with Crippen LogP contribution in [0.3, 0.4) is 0 Å². The fraction of sp³-hybridized carbons (Fsp3) is 0.905. The lowest BCUT2D eigenvalue weighted by Gasteiger charge is -2.63. The van der Waals surface area contributed by atoms with Crippen LogP contribution in [0.2, 0.25) is 0 Å². The predicted molar refractivity (Wildman–Crippen MR) is 286 cm³/mol. The quantitative estimate of drug-likeness (QED) is 0.0468. The lowest BCUT2D eigenvalue weighted by atomic mass is 9.41. The van der Waals surface area contributed by atoms with Gasteiger partial charge in [-0.25, -0.2) is 0 Å². The van der Waals surface area contributed by atoms with Crippen LogP contribution in [-0.2, 0) is 14.2 Å². The molecule has 0 aromatic rings. The van der Waals surface area contributed by atoms with Gasteiger partial charge in [0.1, 0.15) is 0 Å². The van der Waals surface area contributed by atoms with E-state index in [9.17, 15) is 0 Å². The molecule has 0 aromatic carbocycles. The van der Waals surface area contributed by atoms with Crippen molar-refractivity contribution in [3.63, 3.8) is 0 Å². The van der Waals surface area contributed by atoms with E-state index in [1.54, 1.807) is 0 Å². The second kappa shape index (κ2) is 30.1. The van der Waals surface area contributed by atoms with Gasteiger partial charge < -0.3 is 14.2 Å². The van der Waals surface area contributed by atoms with E-state index in [4.69, 9.17) is 14.2 Å². The zero-order valence-corrected chi connectivity index (χ0v) is 45.4. The smallest absolute Gasteiger partial charge is 0.0614 e. The van der Waals surface area contributed by atoms with Crippen LogP contribution in [0.15, 0.2) is 36.0 Å². The molecule has 3 saturated carbocycles. The van der Waals surface area contributed by atoms with Crippen molar-refractivity contribution in [1.82, 2.24) is 0 Å². The first kappa shape index (κ1) is 56.0. The zero-order valence-electron chi connectivity index (χ0n) is 45.4. The fourth-order valence-corrected chi connectivity index (χ4v) is 15.4. The van der Waals surface area contributed by atoms with Gasteiger partial charge in [0.25, 0.3) is 0 Å². The molecule has 1 saturated heterocycles. The van der Waals surface area contributed by atoms with Gasteiger partial charge in [0.15, 0.2) is 0 Å². The second-order valence-corrected chi connectivity index (χ2v) is 25.0. The van der Waals surface area contributed by atoms with Gasteiger partial charge in [-0.15, -0.1) is 0 Å². The van der Waals surface area contributed by atoms with Crippen LogP contribution in [0, 0.1) is 57.7 Å². The van der Waals surface area contributed by atoms with Crippen LogP contribution >= 0.6 is 0 Å². The van der Waals surface area contributed by atoms with Gasteiger partial charge >= 0.3 is 0 Å². The minimum atomic E-state index is 0.298. The summed E-state index contributed by atoms with van der Waals surface area (Å²) >= 11 is 0. The molecule has 4 aliphatic carbocycles. The van der Waals surface area contributed by atoms with Gasteiger partial charge in [-0.3, -0.25) is 0 Å². The number of ether oxygens (including phenoxy) is 3.